The Kier molecular flexibility index (Phi) is 6.23. The summed E-state index contributed by atoms with van der Waals surface area (Å²) in [5.41, 5.74) is 2.29. The van der Waals surface area contributed by atoms with Gasteiger partial charge in [-0.1, -0.05) is 18.2 Å². The number of para-hydroxylation sites is 1. The van der Waals surface area contributed by atoms with E-state index < -0.39 is 5.82 Å². The van der Waals surface area contributed by atoms with Gasteiger partial charge in [0.1, 0.15) is 6.54 Å². The lowest BCUT2D eigenvalue weighted by atomic mass is 10.1. The number of nitrogens with zero attached hydrogens (tertiary/aromatic N) is 5. The number of aromatic nitrogens is 3. The van der Waals surface area contributed by atoms with Crippen LogP contribution in [-0.4, -0.2) is 64.7 Å². The average Bonchev–Trinajstić information content (AvgIpc) is 3.11. The molecule has 0 bridgehead atoms. The Morgan fingerprint density at radius 3 is 2.60 bits per heavy atom. The first kappa shape index (κ1) is 20.3. The molecule has 1 fully saturated rings. The molecule has 7 nitrogen and oxygen atoms in total. The highest BCUT2D eigenvalue weighted by Crippen LogP contribution is 2.22. The highest BCUT2D eigenvalue weighted by molar-refractivity contribution is 5.85. The van der Waals surface area contributed by atoms with Crippen molar-refractivity contribution < 1.29 is 13.9 Å². The van der Waals surface area contributed by atoms with Gasteiger partial charge in [-0.25, -0.2) is 14.4 Å². The number of carbonyl (C=O) groups is 1. The number of fused-ring (bicyclic) bond motifs is 1. The van der Waals surface area contributed by atoms with Gasteiger partial charge in [0.2, 0.25) is 5.95 Å². The Balaban J connectivity index is 1.37. The quantitative estimate of drug-likeness (QED) is 0.557. The van der Waals surface area contributed by atoms with Gasteiger partial charge in [0.05, 0.1) is 19.0 Å². The minimum atomic E-state index is -0.417. The van der Waals surface area contributed by atoms with Crippen LogP contribution in [0.1, 0.15) is 12.5 Å². The van der Waals surface area contributed by atoms with E-state index in [-0.39, 0.29) is 12.5 Å². The number of anilines is 1. The van der Waals surface area contributed by atoms with Crippen LogP contribution in [0.4, 0.5) is 10.3 Å². The van der Waals surface area contributed by atoms with E-state index in [4.69, 9.17) is 4.74 Å². The van der Waals surface area contributed by atoms with E-state index in [1.165, 1.54) is 23.3 Å². The third-order valence-corrected chi connectivity index (χ3v) is 5.44. The van der Waals surface area contributed by atoms with Gasteiger partial charge in [-0.2, -0.15) is 0 Å². The molecule has 0 saturated carbocycles. The molecule has 2 aromatic heterocycles. The lowest BCUT2D eigenvalue weighted by Gasteiger charge is -2.34. The zero-order valence-corrected chi connectivity index (χ0v) is 17.1. The summed E-state index contributed by atoms with van der Waals surface area (Å²) in [5.74, 6) is -0.0541. The maximum Gasteiger partial charge on any atom is 0.325 e. The number of hydrogen-bond acceptors (Lipinski definition) is 6. The molecule has 0 aliphatic carbocycles. The Morgan fingerprint density at radius 1 is 1.13 bits per heavy atom. The fourth-order valence-electron chi connectivity index (χ4n) is 3.92. The minimum absolute atomic E-state index is 0.219. The first-order valence-electron chi connectivity index (χ1n) is 10.3. The smallest absolute Gasteiger partial charge is 0.325 e. The molecule has 3 aromatic rings. The number of piperazine rings is 1. The van der Waals surface area contributed by atoms with Crippen LogP contribution in [0.25, 0.3) is 10.9 Å². The standard InChI is InChI=1S/C22H26FN5O2/c1-2-30-21(29)16-28-15-17(19-5-3-4-6-20(19)28)7-8-26-9-11-27(12-10-26)22-24-13-18(23)14-25-22/h3-6,13-15H,2,7-12,16H2,1H3. The van der Waals surface area contributed by atoms with Gasteiger partial charge in [0.25, 0.3) is 0 Å². The van der Waals surface area contributed by atoms with Crippen molar-refractivity contribution in [1.82, 2.24) is 19.4 Å². The first-order valence-corrected chi connectivity index (χ1v) is 10.3. The van der Waals surface area contributed by atoms with Gasteiger partial charge in [-0.05, 0) is 25.0 Å². The van der Waals surface area contributed by atoms with Gasteiger partial charge < -0.3 is 14.2 Å². The molecule has 0 unspecified atom stereocenters. The summed E-state index contributed by atoms with van der Waals surface area (Å²) in [4.78, 5) is 24.6. The third kappa shape index (κ3) is 4.59. The van der Waals surface area contributed by atoms with E-state index in [2.05, 4.69) is 32.0 Å². The summed E-state index contributed by atoms with van der Waals surface area (Å²) >= 11 is 0. The van der Waals surface area contributed by atoms with Crippen molar-refractivity contribution in [2.75, 3.05) is 44.2 Å². The number of ether oxygens (including phenoxy) is 1. The molecule has 3 heterocycles. The largest absolute Gasteiger partial charge is 0.465 e. The number of halogens is 1. The predicted molar refractivity (Wildman–Crippen MR) is 113 cm³/mol. The zero-order valence-electron chi connectivity index (χ0n) is 17.1. The van der Waals surface area contributed by atoms with Crippen molar-refractivity contribution in [3.05, 3.63) is 54.2 Å². The summed E-state index contributed by atoms with van der Waals surface area (Å²) in [7, 11) is 0. The number of esters is 1. The minimum Gasteiger partial charge on any atom is -0.465 e. The topological polar surface area (TPSA) is 63.5 Å². The van der Waals surface area contributed by atoms with Crippen molar-refractivity contribution in [2.45, 2.75) is 19.9 Å². The molecular weight excluding hydrogens is 385 g/mol. The Hall–Kier alpha value is -3.00. The molecule has 1 saturated heterocycles. The van der Waals surface area contributed by atoms with E-state index in [1.54, 1.807) is 0 Å². The van der Waals surface area contributed by atoms with Crippen molar-refractivity contribution in [3.8, 4) is 0 Å². The highest BCUT2D eigenvalue weighted by atomic mass is 19.1. The molecule has 0 spiro atoms. The van der Waals surface area contributed by atoms with Crippen molar-refractivity contribution in [2.24, 2.45) is 0 Å². The Morgan fingerprint density at radius 2 is 1.87 bits per heavy atom. The molecule has 158 valence electrons. The molecule has 0 atom stereocenters. The van der Waals surface area contributed by atoms with Gasteiger partial charge in [-0.3, -0.25) is 9.69 Å². The highest BCUT2D eigenvalue weighted by Gasteiger charge is 2.19. The van der Waals surface area contributed by atoms with Crippen molar-refractivity contribution >= 4 is 22.8 Å². The van der Waals surface area contributed by atoms with Crippen LogP contribution in [0.5, 0.6) is 0 Å². The van der Waals surface area contributed by atoms with Crippen molar-refractivity contribution in [3.63, 3.8) is 0 Å². The fraction of sp³-hybridized carbons (Fsp3) is 0.409. The molecule has 0 amide bonds. The maximum atomic E-state index is 13.0. The lowest BCUT2D eigenvalue weighted by molar-refractivity contribution is -0.143. The van der Waals surface area contributed by atoms with E-state index in [0.717, 1.165) is 44.7 Å². The molecule has 8 heteroatoms. The summed E-state index contributed by atoms with van der Waals surface area (Å²) < 4.78 is 20.1. The van der Waals surface area contributed by atoms with Gasteiger partial charge in [0, 0.05) is 49.8 Å². The van der Waals surface area contributed by atoms with Gasteiger partial charge in [0.15, 0.2) is 5.82 Å². The SMILES string of the molecule is CCOC(=O)Cn1cc(CCN2CCN(c3ncc(F)cn3)CC2)c2ccccc21. The van der Waals surface area contributed by atoms with Gasteiger partial charge >= 0.3 is 5.97 Å². The van der Waals surface area contributed by atoms with Crippen LogP contribution in [0, 0.1) is 5.82 Å². The summed E-state index contributed by atoms with van der Waals surface area (Å²) in [6, 6.07) is 8.17. The predicted octanol–water partition coefficient (Wildman–Crippen LogP) is 2.50. The first-order chi connectivity index (χ1) is 14.6. The summed E-state index contributed by atoms with van der Waals surface area (Å²) in [6.07, 6.45) is 5.40. The van der Waals surface area contributed by atoms with Gasteiger partial charge in [-0.15, -0.1) is 0 Å². The van der Waals surface area contributed by atoms with Crippen LogP contribution in [0.15, 0.2) is 42.9 Å². The molecule has 1 aromatic carbocycles. The maximum absolute atomic E-state index is 13.0. The van der Waals surface area contributed by atoms with E-state index in [1.807, 2.05) is 29.7 Å². The second kappa shape index (κ2) is 9.21. The lowest BCUT2D eigenvalue weighted by Crippen LogP contribution is -2.47. The van der Waals surface area contributed by atoms with E-state index >= 15 is 0 Å². The van der Waals surface area contributed by atoms with E-state index in [9.17, 15) is 9.18 Å². The second-order valence-electron chi connectivity index (χ2n) is 7.38. The molecule has 0 N–H and O–H groups in total. The van der Waals surface area contributed by atoms with Crippen LogP contribution in [-0.2, 0) is 22.5 Å². The van der Waals surface area contributed by atoms with Crippen LogP contribution >= 0.6 is 0 Å². The molecule has 1 aliphatic rings. The Bertz CT molecular complexity index is 996. The normalized spacial score (nSPS) is 14.9. The number of hydrogen-bond donors (Lipinski definition) is 0. The molecule has 0 radical (unpaired) electrons. The number of carbonyl (C=O) groups excluding carboxylic acids is 1. The van der Waals surface area contributed by atoms with Crippen LogP contribution in [0.2, 0.25) is 0 Å². The van der Waals surface area contributed by atoms with Crippen LogP contribution in [0.3, 0.4) is 0 Å². The van der Waals surface area contributed by atoms with E-state index in [0.29, 0.717) is 12.6 Å². The zero-order chi connectivity index (χ0) is 20.9. The van der Waals surface area contributed by atoms with Crippen molar-refractivity contribution in [1.29, 1.82) is 0 Å². The molecule has 4 rings (SSSR count). The monoisotopic (exact) mass is 411 g/mol. The average molecular weight is 411 g/mol. The molecule has 1 aliphatic heterocycles. The Labute approximate surface area is 175 Å². The summed E-state index contributed by atoms with van der Waals surface area (Å²) in [5, 5.41) is 1.18. The fourth-order valence-corrected chi connectivity index (χ4v) is 3.92. The number of rotatable bonds is 7. The third-order valence-electron chi connectivity index (χ3n) is 5.44. The van der Waals surface area contributed by atoms with Crippen LogP contribution < -0.4 is 4.90 Å². The number of benzene rings is 1. The molecular formula is C22H26FN5O2. The second-order valence-corrected chi connectivity index (χ2v) is 7.38. The molecule has 30 heavy (non-hydrogen) atoms. The summed E-state index contributed by atoms with van der Waals surface area (Å²) in [6.45, 7) is 6.81.